The maximum absolute atomic E-state index is 13.4. The van der Waals surface area contributed by atoms with Gasteiger partial charge in [-0.2, -0.15) is 5.26 Å². The highest BCUT2D eigenvalue weighted by molar-refractivity contribution is 6.00. The van der Waals surface area contributed by atoms with Crippen LogP contribution in [0.2, 0.25) is 0 Å². The third-order valence-corrected chi connectivity index (χ3v) is 2.48. The van der Waals surface area contributed by atoms with Gasteiger partial charge in [-0.15, -0.1) is 0 Å². The molecule has 20 heavy (non-hydrogen) atoms. The number of nitrogens with zero attached hydrogens (tertiary/aromatic N) is 1. The number of nitrogens with one attached hydrogen (secondary N) is 2. The van der Waals surface area contributed by atoms with Crippen molar-refractivity contribution < 1.29 is 13.6 Å². The van der Waals surface area contributed by atoms with Crippen LogP contribution in [0, 0.1) is 23.0 Å². The van der Waals surface area contributed by atoms with Crippen LogP contribution < -0.4 is 10.6 Å². The Balaban J connectivity index is 2.11. The minimum atomic E-state index is -0.881. The number of carbonyl (C=O) groups is 1. The van der Waals surface area contributed by atoms with Crippen LogP contribution in [0.25, 0.3) is 0 Å². The van der Waals surface area contributed by atoms with Gasteiger partial charge in [-0.05, 0) is 24.3 Å². The van der Waals surface area contributed by atoms with Crippen LogP contribution in [-0.4, -0.2) is 6.03 Å². The minimum absolute atomic E-state index is 0.154. The van der Waals surface area contributed by atoms with Crippen LogP contribution >= 0.6 is 0 Å². The van der Waals surface area contributed by atoms with E-state index in [1.807, 2.05) is 6.07 Å². The third kappa shape index (κ3) is 3.09. The standard InChI is InChI=1S/C14H9F2N3O/c15-10-5-6-13(11(16)7-10)19-14(20)18-12-4-2-1-3-9(12)8-17/h1-7H,(H2,18,19,20). The number of rotatable bonds is 2. The first-order valence-corrected chi connectivity index (χ1v) is 5.62. The first kappa shape index (κ1) is 13.5. The van der Waals surface area contributed by atoms with Crippen molar-refractivity contribution in [1.82, 2.24) is 0 Å². The largest absolute Gasteiger partial charge is 0.323 e. The maximum atomic E-state index is 13.4. The topological polar surface area (TPSA) is 64.9 Å². The van der Waals surface area contributed by atoms with Gasteiger partial charge >= 0.3 is 6.03 Å². The molecule has 0 saturated heterocycles. The van der Waals surface area contributed by atoms with E-state index < -0.39 is 17.7 Å². The molecule has 0 aliphatic rings. The monoisotopic (exact) mass is 273 g/mol. The van der Waals surface area contributed by atoms with Crippen molar-refractivity contribution in [2.45, 2.75) is 0 Å². The van der Waals surface area contributed by atoms with E-state index in [0.29, 0.717) is 11.8 Å². The minimum Gasteiger partial charge on any atom is -0.306 e. The van der Waals surface area contributed by atoms with Gasteiger partial charge in [-0.25, -0.2) is 13.6 Å². The van der Waals surface area contributed by atoms with Gasteiger partial charge < -0.3 is 10.6 Å². The summed E-state index contributed by atoms with van der Waals surface area (Å²) < 4.78 is 26.1. The van der Waals surface area contributed by atoms with Crippen molar-refractivity contribution in [2.24, 2.45) is 0 Å². The molecule has 0 aromatic heterocycles. The fourth-order valence-electron chi connectivity index (χ4n) is 1.56. The van der Waals surface area contributed by atoms with Crippen molar-refractivity contribution in [2.75, 3.05) is 10.6 Å². The fraction of sp³-hybridized carbons (Fsp3) is 0. The average molecular weight is 273 g/mol. The second kappa shape index (κ2) is 5.80. The third-order valence-electron chi connectivity index (χ3n) is 2.48. The zero-order valence-corrected chi connectivity index (χ0v) is 10.2. The number of anilines is 2. The highest BCUT2D eigenvalue weighted by atomic mass is 19.1. The van der Waals surface area contributed by atoms with Crippen molar-refractivity contribution in [3.05, 3.63) is 59.7 Å². The molecule has 6 heteroatoms. The second-order valence-corrected chi connectivity index (χ2v) is 3.86. The lowest BCUT2D eigenvalue weighted by atomic mass is 10.2. The normalized spacial score (nSPS) is 9.65. The molecule has 4 nitrogen and oxygen atoms in total. The molecule has 2 N–H and O–H groups in total. The van der Waals surface area contributed by atoms with Gasteiger partial charge in [0.1, 0.15) is 17.7 Å². The summed E-state index contributed by atoms with van der Waals surface area (Å²) in [5.41, 5.74) is 0.426. The van der Waals surface area contributed by atoms with Crippen LogP contribution in [0.3, 0.4) is 0 Å². The summed E-state index contributed by atoms with van der Waals surface area (Å²) in [6.07, 6.45) is 0. The smallest absolute Gasteiger partial charge is 0.306 e. The van der Waals surface area contributed by atoms with E-state index in [9.17, 15) is 13.6 Å². The number of para-hydroxylation sites is 1. The van der Waals surface area contributed by atoms with Crippen molar-refractivity contribution in [3.63, 3.8) is 0 Å². The first-order chi connectivity index (χ1) is 9.60. The molecule has 0 saturated carbocycles. The summed E-state index contributed by atoms with van der Waals surface area (Å²) in [6, 6.07) is 10.4. The number of urea groups is 1. The van der Waals surface area contributed by atoms with Crippen LogP contribution in [0.15, 0.2) is 42.5 Å². The van der Waals surface area contributed by atoms with Crippen molar-refractivity contribution in [3.8, 4) is 6.07 Å². The van der Waals surface area contributed by atoms with E-state index in [2.05, 4.69) is 10.6 Å². The van der Waals surface area contributed by atoms with Gasteiger partial charge in [0.25, 0.3) is 0 Å². The molecule has 0 aliphatic carbocycles. The van der Waals surface area contributed by atoms with E-state index >= 15 is 0 Å². The second-order valence-electron chi connectivity index (χ2n) is 3.86. The Morgan fingerprint density at radius 2 is 1.75 bits per heavy atom. The summed E-state index contributed by atoms with van der Waals surface area (Å²) in [6.45, 7) is 0. The summed E-state index contributed by atoms with van der Waals surface area (Å²) in [5, 5.41) is 13.5. The van der Waals surface area contributed by atoms with Crippen LogP contribution in [-0.2, 0) is 0 Å². The highest BCUT2D eigenvalue weighted by Crippen LogP contribution is 2.17. The number of halogens is 2. The van der Waals surface area contributed by atoms with Gasteiger partial charge in [0.05, 0.1) is 16.9 Å². The molecule has 0 aliphatic heterocycles. The Bertz CT molecular complexity index is 695. The van der Waals surface area contributed by atoms with Crippen LogP contribution in [0.5, 0.6) is 0 Å². The molecule has 2 aromatic carbocycles. The van der Waals surface area contributed by atoms with E-state index in [0.717, 1.165) is 12.1 Å². The lowest BCUT2D eigenvalue weighted by Crippen LogP contribution is -2.20. The fourth-order valence-corrected chi connectivity index (χ4v) is 1.56. The summed E-state index contributed by atoms with van der Waals surface area (Å²) in [4.78, 5) is 11.7. The van der Waals surface area contributed by atoms with Gasteiger partial charge in [-0.1, -0.05) is 12.1 Å². The molecule has 100 valence electrons. The predicted molar refractivity (Wildman–Crippen MR) is 70.2 cm³/mol. The van der Waals surface area contributed by atoms with E-state index in [4.69, 9.17) is 5.26 Å². The Morgan fingerprint density at radius 1 is 1.05 bits per heavy atom. The highest BCUT2D eigenvalue weighted by Gasteiger charge is 2.09. The summed E-state index contributed by atoms with van der Waals surface area (Å²) in [5.74, 6) is -1.61. The van der Waals surface area contributed by atoms with Gasteiger partial charge in [0.15, 0.2) is 0 Å². The molecular weight excluding hydrogens is 264 g/mol. The number of carbonyl (C=O) groups excluding carboxylic acids is 1. The Labute approximate surface area is 113 Å². The zero-order chi connectivity index (χ0) is 14.5. The van der Waals surface area contributed by atoms with Crippen molar-refractivity contribution >= 4 is 17.4 Å². The lowest BCUT2D eigenvalue weighted by molar-refractivity contribution is 0.262. The number of benzene rings is 2. The van der Waals surface area contributed by atoms with Gasteiger partial charge in [0, 0.05) is 6.07 Å². The SMILES string of the molecule is N#Cc1ccccc1NC(=O)Nc1ccc(F)cc1F. The number of nitriles is 1. The molecule has 0 fully saturated rings. The molecule has 0 atom stereocenters. The van der Waals surface area contributed by atoms with Gasteiger partial charge in [0.2, 0.25) is 0 Å². The number of hydrogen-bond donors (Lipinski definition) is 2. The van der Waals surface area contributed by atoms with E-state index in [-0.39, 0.29) is 11.3 Å². The van der Waals surface area contributed by atoms with Crippen molar-refractivity contribution in [1.29, 1.82) is 5.26 Å². The molecule has 0 spiro atoms. The maximum Gasteiger partial charge on any atom is 0.323 e. The molecule has 2 aromatic rings. The molecule has 2 rings (SSSR count). The van der Waals surface area contributed by atoms with Crippen LogP contribution in [0.1, 0.15) is 5.56 Å². The predicted octanol–water partition coefficient (Wildman–Crippen LogP) is 3.48. The molecular formula is C14H9F2N3O. The molecule has 2 amide bonds. The summed E-state index contributed by atoms with van der Waals surface area (Å²) >= 11 is 0. The number of amides is 2. The van der Waals surface area contributed by atoms with E-state index in [1.165, 1.54) is 6.07 Å². The summed E-state index contributed by atoms with van der Waals surface area (Å²) in [7, 11) is 0. The quantitative estimate of drug-likeness (QED) is 0.879. The molecule has 0 radical (unpaired) electrons. The Kier molecular flexibility index (Phi) is 3.91. The first-order valence-electron chi connectivity index (χ1n) is 5.62. The lowest BCUT2D eigenvalue weighted by Gasteiger charge is -2.09. The van der Waals surface area contributed by atoms with E-state index in [1.54, 1.807) is 18.2 Å². The Morgan fingerprint density at radius 3 is 2.45 bits per heavy atom. The molecule has 0 heterocycles. The average Bonchev–Trinajstić information content (AvgIpc) is 2.42. The molecule has 0 bridgehead atoms. The van der Waals surface area contributed by atoms with Crippen LogP contribution in [0.4, 0.5) is 25.0 Å². The van der Waals surface area contributed by atoms with Gasteiger partial charge in [-0.3, -0.25) is 0 Å². The Hall–Kier alpha value is -2.94. The molecule has 0 unspecified atom stereocenters. The number of hydrogen-bond acceptors (Lipinski definition) is 2. The zero-order valence-electron chi connectivity index (χ0n) is 10.2.